The highest BCUT2D eigenvalue weighted by atomic mass is 16.5. The van der Waals surface area contributed by atoms with Crippen LogP contribution in [0.4, 0.5) is 0 Å². The summed E-state index contributed by atoms with van der Waals surface area (Å²) in [7, 11) is 3.18. The van der Waals surface area contributed by atoms with Gasteiger partial charge in [0.1, 0.15) is 0 Å². The lowest BCUT2D eigenvalue weighted by atomic mass is 10.0. The average molecular weight is 220 g/mol. The predicted molar refractivity (Wildman–Crippen MR) is 61.6 cm³/mol. The smallest absolute Gasteiger partial charge is 0.161 e. The Morgan fingerprint density at radius 3 is 2.38 bits per heavy atom. The van der Waals surface area contributed by atoms with E-state index in [1.807, 2.05) is 25.1 Å². The largest absolute Gasteiger partial charge is 0.493 e. The Morgan fingerprint density at radius 1 is 1.31 bits per heavy atom. The molecule has 0 spiro atoms. The molecule has 1 rings (SSSR count). The van der Waals surface area contributed by atoms with E-state index in [1.54, 1.807) is 14.2 Å². The van der Waals surface area contributed by atoms with Gasteiger partial charge in [-0.2, -0.15) is 5.26 Å². The van der Waals surface area contributed by atoms with Gasteiger partial charge in [-0.05, 0) is 30.2 Å². The summed E-state index contributed by atoms with van der Waals surface area (Å²) in [6, 6.07) is 5.28. The quantitative estimate of drug-likeness (QED) is 0.832. The number of benzene rings is 1. The van der Waals surface area contributed by atoms with Crippen molar-refractivity contribution in [2.24, 2.45) is 5.73 Å². The number of methoxy groups -OCH3 is 2. The summed E-state index contributed by atoms with van der Waals surface area (Å²) in [6.45, 7) is 1.96. The van der Waals surface area contributed by atoms with Crippen molar-refractivity contribution in [2.75, 3.05) is 14.2 Å². The molecule has 0 saturated carbocycles. The molecule has 0 heterocycles. The Morgan fingerprint density at radius 2 is 1.88 bits per heavy atom. The van der Waals surface area contributed by atoms with E-state index in [4.69, 9.17) is 20.5 Å². The fraction of sp³-hybridized carbons (Fsp3) is 0.417. The molecule has 0 aromatic heterocycles. The molecule has 4 nitrogen and oxygen atoms in total. The highest BCUT2D eigenvalue weighted by molar-refractivity contribution is 5.47. The van der Waals surface area contributed by atoms with Crippen molar-refractivity contribution in [3.8, 4) is 17.6 Å². The van der Waals surface area contributed by atoms with Crippen molar-refractivity contribution in [3.05, 3.63) is 23.3 Å². The van der Waals surface area contributed by atoms with Crippen LogP contribution >= 0.6 is 0 Å². The number of nitrogens with zero attached hydrogens (tertiary/aromatic N) is 1. The Bertz CT molecular complexity index is 410. The molecule has 86 valence electrons. The van der Waals surface area contributed by atoms with E-state index in [0.29, 0.717) is 17.9 Å². The predicted octanol–water partition coefficient (Wildman–Crippen LogP) is 1.41. The lowest BCUT2D eigenvalue weighted by Gasteiger charge is -2.13. The Kier molecular flexibility index (Phi) is 4.15. The molecule has 2 N–H and O–H groups in total. The maximum Gasteiger partial charge on any atom is 0.161 e. The molecule has 0 bridgehead atoms. The summed E-state index contributed by atoms with van der Waals surface area (Å²) in [6.07, 6.45) is 0.517. The van der Waals surface area contributed by atoms with Gasteiger partial charge in [0.05, 0.1) is 26.3 Å². The second-order valence-electron chi connectivity index (χ2n) is 3.57. The fourth-order valence-electron chi connectivity index (χ4n) is 1.53. The van der Waals surface area contributed by atoms with Crippen LogP contribution in [0.2, 0.25) is 0 Å². The number of nitrogens with two attached hydrogens (primary N) is 1. The fourth-order valence-corrected chi connectivity index (χ4v) is 1.53. The van der Waals surface area contributed by atoms with Crippen molar-refractivity contribution in [1.82, 2.24) is 0 Å². The highest BCUT2D eigenvalue weighted by Crippen LogP contribution is 2.30. The van der Waals surface area contributed by atoms with Crippen LogP contribution < -0.4 is 15.2 Å². The Labute approximate surface area is 95.6 Å². The van der Waals surface area contributed by atoms with Gasteiger partial charge in [0.25, 0.3) is 0 Å². The van der Waals surface area contributed by atoms with Crippen molar-refractivity contribution in [1.29, 1.82) is 5.26 Å². The molecule has 0 amide bonds. The van der Waals surface area contributed by atoms with E-state index in [1.165, 1.54) is 0 Å². The average Bonchev–Trinajstić information content (AvgIpc) is 2.30. The summed E-state index contributed by atoms with van der Waals surface area (Å²) in [5, 5.41) is 8.68. The van der Waals surface area contributed by atoms with Gasteiger partial charge in [-0.1, -0.05) is 0 Å². The molecule has 0 aliphatic carbocycles. The first kappa shape index (κ1) is 12.3. The van der Waals surface area contributed by atoms with E-state index >= 15 is 0 Å². The Balaban J connectivity index is 3.07. The molecule has 1 unspecified atom stereocenters. The normalized spacial score (nSPS) is 11.7. The second kappa shape index (κ2) is 5.38. The lowest BCUT2D eigenvalue weighted by molar-refractivity contribution is 0.354. The first-order chi connectivity index (χ1) is 7.62. The van der Waals surface area contributed by atoms with Crippen LogP contribution in [-0.2, 0) is 6.42 Å². The molecule has 0 aliphatic rings. The zero-order chi connectivity index (χ0) is 12.1. The van der Waals surface area contributed by atoms with E-state index in [2.05, 4.69) is 0 Å². The van der Waals surface area contributed by atoms with Crippen LogP contribution in [-0.4, -0.2) is 20.3 Å². The summed E-state index contributed by atoms with van der Waals surface area (Å²) in [5.74, 6) is 1.35. The number of aryl methyl sites for hydroxylation is 1. The van der Waals surface area contributed by atoms with Gasteiger partial charge < -0.3 is 15.2 Å². The monoisotopic (exact) mass is 220 g/mol. The molecule has 1 aromatic rings. The highest BCUT2D eigenvalue weighted by Gasteiger charge is 2.10. The van der Waals surface area contributed by atoms with Crippen molar-refractivity contribution >= 4 is 0 Å². The number of hydrogen-bond donors (Lipinski definition) is 1. The van der Waals surface area contributed by atoms with Crippen LogP contribution in [0, 0.1) is 18.3 Å². The van der Waals surface area contributed by atoms with Gasteiger partial charge in [-0.25, -0.2) is 0 Å². The topological polar surface area (TPSA) is 68.3 Å². The maximum atomic E-state index is 8.68. The molecule has 0 radical (unpaired) electrons. The van der Waals surface area contributed by atoms with Crippen molar-refractivity contribution < 1.29 is 9.47 Å². The summed E-state index contributed by atoms with van der Waals surface area (Å²) < 4.78 is 10.4. The van der Waals surface area contributed by atoms with Gasteiger partial charge >= 0.3 is 0 Å². The summed E-state index contributed by atoms with van der Waals surface area (Å²) in [4.78, 5) is 0. The first-order valence-corrected chi connectivity index (χ1v) is 4.99. The molecule has 0 fully saturated rings. The standard InChI is InChI=1S/C12H16N2O2/c1-8-4-11(15-2)12(16-3)6-9(8)5-10(14)7-13/h4,6,10H,5,14H2,1-3H3. The zero-order valence-corrected chi connectivity index (χ0v) is 9.78. The molecule has 0 saturated heterocycles. The minimum absolute atomic E-state index is 0.489. The molecule has 1 atom stereocenters. The van der Waals surface area contributed by atoms with Crippen LogP contribution in [0.25, 0.3) is 0 Å². The summed E-state index contributed by atoms with van der Waals surface area (Å²) >= 11 is 0. The molecular formula is C12H16N2O2. The number of nitriles is 1. The Hall–Kier alpha value is -1.73. The van der Waals surface area contributed by atoms with Gasteiger partial charge in [-0.3, -0.25) is 0 Å². The zero-order valence-electron chi connectivity index (χ0n) is 9.78. The van der Waals surface area contributed by atoms with Crippen molar-refractivity contribution in [2.45, 2.75) is 19.4 Å². The second-order valence-corrected chi connectivity index (χ2v) is 3.57. The first-order valence-electron chi connectivity index (χ1n) is 4.99. The van der Waals surface area contributed by atoms with E-state index in [0.717, 1.165) is 11.1 Å². The minimum Gasteiger partial charge on any atom is -0.493 e. The minimum atomic E-state index is -0.489. The molecule has 4 heteroatoms. The van der Waals surface area contributed by atoms with Crippen LogP contribution in [0.3, 0.4) is 0 Å². The van der Waals surface area contributed by atoms with Gasteiger partial charge in [0.15, 0.2) is 11.5 Å². The SMILES string of the molecule is COc1cc(C)c(CC(N)C#N)cc1OC. The molecular weight excluding hydrogens is 204 g/mol. The number of hydrogen-bond acceptors (Lipinski definition) is 4. The van der Waals surface area contributed by atoms with Crippen LogP contribution in [0.1, 0.15) is 11.1 Å². The van der Waals surface area contributed by atoms with Crippen molar-refractivity contribution in [3.63, 3.8) is 0 Å². The lowest BCUT2D eigenvalue weighted by Crippen LogP contribution is -2.20. The van der Waals surface area contributed by atoms with E-state index in [-0.39, 0.29) is 0 Å². The van der Waals surface area contributed by atoms with Gasteiger partial charge in [-0.15, -0.1) is 0 Å². The molecule has 16 heavy (non-hydrogen) atoms. The third-order valence-corrected chi connectivity index (χ3v) is 2.45. The molecule has 0 aliphatic heterocycles. The van der Waals surface area contributed by atoms with E-state index < -0.39 is 6.04 Å². The summed E-state index contributed by atoms with van der Waals surface area (Å²) in [5.41, 5.74) is 7.65. The maximum absolute atomic E-state index is 8.68. The third kappa shape index (κ3) is 2.65. The van der Waals surface area contributed by atoms with Crippen LogP contribution in [0.5, 0.6) is 11.5 Å². The number of rotatable bonds is 4. The number of ether oxygens (including phenoxy) is 2. The van der Waals surface area contributed by atoms with E-state index in [9.17, 15) is 0 Å². The third-order valence-electron chi connectivity index (χ3n) is 2.45. The van der Waals surface area contributed by atoms with Gasteiger partial charge in [0, 0.05) is 6.42 Å². The van der Waals surface area contributed by atoms with Crippen LogP contribution in [0.15, 0.2) is 12.1 Å². The molecule has 1 aromatic carbocycles. The van der Waals surface area contributed by atoms with Gasteiger partial charge in [0.2, 0.25) is 0 Å².